The SMILES string of the molecule is C[C@H](C(N)=O)c1ccc(NS(=O)(=O)c2cccs2)cc1. The first-order valence-electron chi connectivity index (χ1n) is 5.86. The summed E-state index contributed by atoms with van der Waals surface area (Å²) in [7, 11) is -3.54. The Morgan fingerprint density at radius 2 is 1.90 bits per heavy atom. The van der Waals surface area contributed by atoms with Crippen molar-refractivity contribution in [3.05, 3.63) is 47.3 Å². The van der Waals surface area contributed by atoms with Crippen LogP contribution in [0.3, 0.4) is 0 Å². The van der Waals surface area contributed by atoms with Crippen LogP contribution in [0.5, 0.6) is 0 Å². The van der Waals surface area contributed by atoms with Crippen molar-refractivity contribution in [2.24, 2.45) is 5.73 Å². The summed E-state index contributed by atoms with van der Waals surface area (Å²) in [5, 5.41) is 1.70. The van der Waals surface area contributed by atoms with Gasteiger partial charge in [-0.2, -0.15) is 0 Å². The molecule has 2 aromatic rings. The third kappa shape index (κ3) is 3.17. The highest BCUT2D eigenvalue weighted by Crippen LogP contribution is 2.22. The summed E-state index contributed by atoms with van der Waals surface area (Å²) in [6, 6.07) is 9.80. The molecule has 0 spiro atoms. The first-order chi connectivity index (χ1) is 9.40. The highest BCUT2D eigenvalue weighted by Gasteiger charge is 2.16. The van der Waals surface area contributed by atoms with Gasteiger partial charge in [0.2, 0.25) is 5.91 Å². The minimum atomic E-state index is -3.54. The monoisotopic (exact) mass is 310 g/mol. The normalized spacial score (nSPS) is 12.8. The molecule has 0 saturated carbocycles. The molecule has 5 nitrogen and oxygen atoms in total. The fourth-order valence-electron chi connectivity index (χ4n) is 1.63. The Morgan fingerprint density at radius 3 is 2.40 bits per heavy atom. The molecule has 1 atom stereocenters. The summed E-state index contributed by atoms with van der Waals surface area (Å²) in [4.78, 5) is 11.1. The Hall–Kier alpha value is -1.86. The molecule has 0 fully saturated rings. The van der Waals surface area contributed by atoms with E-state index in [1.165, 1.54) is 6.07 Å². The van der Waals surface area contributed by atoms with E-state index in [1.807, 2.05) is 0 Å². The molecule has 7 heteroatoms. The Kier molecular flexibility index (Phi) is 4.10. The summed E-state index contributed by atoms with van der Waals surface area (Å²) >= 11 is 1.15. The second-order valence-electron chi connectivity index (χ2n) is 4.28. The third-order valence-corrected chi connectivity index (χ3v) is 5.63. The van der Waals surface area contributed by atoms with Gasteiger partial charge in [0.1, 0.15) is 4.21 Å². The van der Waals surface area contributed by atoms with E-state index in [1.54, 1.807) is 42.6 Å². The van der Waals surface area contributed by atoms with Crippen molar-refractivity contribution in [1.29, 1.82) is 0 Å². The molecule has 1 amide bonds. The molecule has 1 heterocycles. The molecule has 1 aromatic carbocycles. The second kappa shape index (κ2) is 5.64. The Labute approximate surface area is 121 Å². The Morgan fingerprint density at radius 1 is 1.25 bits per heavy atom. The van der Waals surface area contributed by atoms with E-state index in [9.17, 15) is 13.2 Å². The fraction of sp³-hybridized carbons (Fsp3) is 0.154. The van der Waals surface area contributed by atoms with Gasteiger partial charge in [-0.25, -0.2) is 8.42 Å². The number of benzene rings is 1. The van der Waals surface area contributed by atoms with E-state index >= 15 is 0 Å². The van der Waals surface area contributed by atoms with Crippen LogP contribution in [0.25, 0.3) is 0 Å². The van der Waals surface area contributed by atoms with Gasteiger partial charge in [-0.15, -0.1) is 11.3 Å². The first kappa shape index (κ1) is 14.5. The van der Waals surface area contributed by atoms with Crippen molar-refractivity contribution in [1.82, 2.24) is 0 Å². The summed E-state index contributed by atoms with van der Waals surface area (Å²) in [5.74, 6) is -0.824. The summed E-state index contributed by atoms with van der Waals surface area (Å²) in [6.45, 7) is 1.70. The van der Waals surface area contributed by atoms with Gasteiger partial charge < -0.3 is 5.73 Å². The minimum Gasteiger partial charge on any atom is -0.369 e. The van der Waals surface area contributed by atoms with Crippen LogP contribution in [0, 0.1) is 0 Å². The van der Waals surface area contributed by atoms with Crippen molar-refractivity contribution < 1.29 is 13.2 Å². The standard InChI is InChI=1S/C13H14N2O3S2/c1-9(13(14)16)10-4-6-11(7-5-10)15-20(17,18)12-3-2-8-19-12/h2-9,15H,1H3,(H2,14,16)/t9-/m0/s1. The van der Waals surface area contributed by atoms with Crippen LogP contribution in [0.4, 0.5) is 5.69 Å². The van der Waals surface area contributed by atoms with E-state index in [-0.39, 0.29) is 4.21 Å². The quantitative estimate of drug-likeness (QED) is 0.886. The van der Waals surface area contributed by atoms with Gasteiger partial charge in [0.25, 0.3) is 10.0 Å². The topological polar surface area (TPSA) is 89.3 Å². The zero-order valence-corrected chi connectivity index (χ0v) is 12.4. The lowest BCUT2D eigenvalue weighted by atomic mass is 10.0. The lowest BCUT2D eigenvalue weighted by Gasteiger charge is -2.10. The van der Waals surface area contributed by atoms with Crippen molar-refractivity contribution in [3.8, 4) is 0 Å². The van der Waals surface area contributed by atoms with Crippen molar-refractivity contribution in [3.63, 3.8) is 0 Å². The molecule has 106 valence electrons. The number of amides is 1. The number of carbonyl (C=O) groups excluding carboxylic acids is 1. The molecule has 3 N–H and O–H groups in total. The van der Waals surface area contributed by atoms with Gasteiger partial charge in [-0.1, -0.05) is 18.2 Å². The average Bonchev–Trinajstić information content (AvgIpc) is 2.93. The van der Waals surface area contributed by atoms with E-state index in [0.29, 0.717) is 5.69 Å². The molecule has 2 rings (SSSR count). The van der Waals surface area contributed by atoms with Gasteiger partial charge in [-0.05, 0) is 36.1 Å². The predicted molar refractivity (Wildman–Crippen MR) is 79.2 cm³/mol. The number of hydrogen-bond donors (Lipinski definition) is 2. The van der Waals surface area contributed by atoms with Crippen LogP contribution in [0.2, 0.25) is 0 Å². The van der Waals surface area contributed by atoms with E-state index in [2.05, 4.69) is 4.72 Å². The molecule has 0 unspecified atom stereocenters. The number of thiophene rings is 1. The number of sulfonamides is 1. The molecule has 0 bridgehead atoms. The maximum atomic E-state index is 12.0. The summed E-state index contributed by atoms with van der Waals surface area (Å²) < 4.78 is 26.8. The molecule has 0 aliphatic rings. The van der Waals surface area contributed by atoms with Crippen molar-refractivity contribution >= 4 is 33.0 Å². The van der Waals surface area contributed by atoms with Gasteiger partial charge >= 0.3 is 0 Å². The van der Waals surface area contributed by atoms with E-state index < -0.39 is 21.8 Å². The van der Waals surface area contributed by atoms with Gasteiger partial charge in [0.05, 0.1) is 5.92 Å². The minimum absolute atomic E-state index is 0.257. The second-order valence-corrected chi connectivity index (χ2v) is 7.14. The number of carbonyl (C=O) groups is 1. The lowest BCUT2D eigenvalue weighted by Crippen LogP contribution is -2.18. The molecule has 0 radical (unpaired) electrons. The van der Waals surface area contributed by atoms with Crippen LogP contribution in [0.15, 0.2) is 46.0 Å². The van der Waals surface area contributed by atoms with Gasteiger partial charge in [0, 0.05) is 5.69 Å². The maximum absolute atomic E-state index is 12.0. The molecular weight excluding hydrogens is 296 g/mol. The number of nitrogens with two attached hydrogens (primary N) is 1. The number of nitrogens with one attached hydrogen (secondary N) is 1. The number of hydrogen-bond acceptors (Lipinski definition) is 4. The first-order valence-corrected chi connectivity index (χ1v) is 8.22. The molecular formula is C13H14N2O3S2. The lowest BCUT2D eigenvalue weighted by molar-refractivity contribution is -0.119. The van der Waals surface area contributed by atoms with E-state index in [4.69, 9.17) is 5.73 Å². The number of primary amides is 1. The molecule has 0 saturated heterocycles. The molecule has 20 heavy (non-hydrogen) atoms. The highest BCUT2D eigenvalue weighted by molar-refractivity contribution is 7.94. The number of rotatable bonds is 5. The maximum Gasteiger partial charge on any atom is 0.271 e. The smallest absolute Gasteiger partial charge is 0.271 e. The summed E-state index contributed by atoms with van der Waals surface area (Å²) in [5.41, 5.74) is 6.41. The van der Waals surface area contributed by atoms with Crippen molar-refractivity contribution in [2.45, 2.75) is 17.1 Å². The van der Waals surface area contributed by atoms with Crippen LogP contribution < -0.4 is 10.5 Å². The van der Waals surface area contributed by atoms with Crippen molar-refractivity contribution in [2.75, 3.05) is 4.72 Å². The molecule has 0 aliphatic heterocycles. The Bertz CT molecular complexity index is 692. The van der Waals surface area contributed by atoms with Crippen LogP contribution >= 0.6 is 11.3 Å². The largest absolute Gasteiger partial charge is 0.369 e. The van der Waals surface area contributed by atoms with Crippen LogP contribution in [0.1, 0.15) is 18.4 Å². The zero-order chi connectivity index (χ0) is 14.8. The zero-order valence-electron chi connectivity index (χ0n) is 10.7. The fourth-order valence-corrected chi connectivity index (χ4v) is 3.68. The van der Waals surface area contributed by atoms with Crippen LogP contribution in [-0.2, 0) is 14.8 Å². The molecule has 0 aliphatic carbocycles. The van der Waals surface area contributed by atoms with Gasteiger partial charge in [-0.3, -0.25) is 9.52 Å². The summed E-state index contributed by atoms with van der Waals surface area (Å²) in [6.07, 6.45) is 0. The predicted octanol–water partition coefficient (Wildman–Crippen LogP) is 2.14. The third-order valence-electron chi connectivity index (χ3n) is 2.85. The Balaban J connectivity index is 2.18. The number of anilines is 1. The van der Waals surface area contributed by atoms with Crippen LogP contribution in [-0.4, -0.2) is 14.3 Å². The van der Waals surface area contributed by atoms with Gasteiger partial charge in [0.15, 0.2) is 0 Å². The average molecular weight is 310 g/mol. The molecule has 1 aromatic heterocycles. The van der Waals surface area contributed by atoms with E-state index in [0.717, 1.165) is 16.9 Å². The highest BCUT2D eigenvalue weighted by atomic mass is 32.2.